The summed E-state index contributed by atoms with van der Waals surface area (Å²) >= 11 is 0. The molecule has 0 bridgehead atoms. The zero-order valence-electron chi connectivity index (χ0n) is 13.3. The van der Waals surface area contributed by atoms with Gasteiger partial charge in [-0.25, -0.2) is 0 Å². The molecule has 0 spiro atoms. The molecule has 1 aliphatic carbocycles. The van der Waals surface area contributed by atoms with Crippen molar-refractivity contribution in [1.29, 1.82) is 0 Å². The molecule has 0 aromatic carbocycles. The predicted molar refractivity (Wildman–Crippen MR) is 81.8 cm³/mol. The fourth-order valence-electron chi connectivity index (χ4n) is 2.95. The predicted octanol–water partition coefficient (Wildman–Crippen LogP) is 1.83. The van der Waals surface area contributed by atoms with Gasteiger partial charge in [-0.15, -0.1) is 0 Å². The van der Waals surface area contributed by atoms with Gasteiger partial charge in [-0.1, -0.05) is 19.0 Å². The summed E-state index contributed by atoms with van der Waals surface area (Å²) < 4.78 is 10.6. The fraction of sp³-hybridized carbons (Fsp3) is 0.750. The van der Waals surface area contributed by atoms with Gasteiger partial charge < -0.3 is 19.9 Å². The summed E-state index contributed by atoms with van der Waals surface area (Å²) in [4.78, 5) is 12.2. The summed E-state index contributed by atoms with van der Waals surface area (Å²) in [6.45, 7) is 5.70. The molecule has 2 heterocycles. The third kappa shape index (κ3) is 3.50. The van der Waals surface area contributed by atoms with Gasteiger partial charge in [0.15, 0.2) is 5.69 Å². The smallest absolute Gasteiger partial charge is 0.273 e. The number of hydrogen-bond acceptors (Lipinski definition) is 5. The first kappa shape index (κ1) is 15.5. The van der Waals surface area contributed by atoms with Gasteiger partial charge in [0.25, 0.3) is 5.91 Å². The van der Waals surface area contributed by atoms with E-state index in [2.05, 4.69) is 15.8 Å². The number of hydrogen-bond donors (Lipinski definition) is 2. The van der Waals surface area contributed by atoms with Crippen molar-refractivity contribution in [1.82, 2.24) is 15.8 Å². The Labute approximate surface area is 131 Å². The van der Waals surface area contributed by atoms with Crippen LogP contribution in [0.25, 0.3) is 0 Å². The van der Waals surface area contributed by atoms with Crippen molar-refractivity contribution in [2.75, 3.05) is 13.2 Å². The molecule has 0 radical (unpaired) electrons. The van der Waals surface area contributed by atoms with Crippen LogP contribution in [0, 0.1) is 0 Å². The van der Waals surface area contributed by atoms with Crippen LogP contribution in [0.4, 0.5) is 0 Å². The van der Waals surface area contributed by atoms with Crippen LogP contribution < -0.4 is 10.6 Å². The number of ether oxygens (including phenoxy) is 1. The number of nitrogens with zero attached hydrogens (tertiary/aromatic N) is 1. The van der Waals surface area contributed by atoms with Crippen molar-refractivity contribution >= 4 is 5.91 Å². The lowest BCUT2D eigenvalue weighted by Gasteiger charge is -2.40. The Balaban J connectivity index is 1.50. The van der Waals surface area contributed by atoms with Crippen LogP contribution in [0.2, 0.25) is 0 Å². The monoisotopic (exact) mass is 307 g/mol. The molecule has 2 N–H and O–H groups in total. The zero-order chi connectivity index (χ0) is 15.5. The standard InChI is InChI=1S/C16H25N3O3/c1-10(2)15-9-14(19-22-15)16(20)18-13-4-3-12(13)17-11-5-7-21-8-6-11/h9-13,17H,3-8H2,1-2H3,(H,18,20)/t12-,13+/m0/s1. The quantitative estimate of drug-likeness (QED) is 0.868. The van der Waals surface area contributed by atoms with E-state index in [-0.39, 0.29) is 17.9 Å². The van der Waals surface area contributed by atoms with E-state index in [9.17, 15) is 4.79 Å². The van der Waals surface area contributed by atoms with Crippen LogP contribution in [0.3, 0.4) is 0 Å². The van der Waals surface area contributed by atoms with Crippen LogP contribution >= 0.6 is 0 Å². The number of nitrogens with one attached hydrogen (secondary N) is 2. The number of amides is 1. The highest BCUT2D eigenvalue weighted by atomic mass is 16.5. The molecule has 1 aromatic heterocycles. The molecular formula is C16H25N3O3. The van der Waals surface area contributed by atoms with E-state index < -0.39 is 0 Å². The Hall–Kier alpha value is -1.40. The summed E-state index contributed by atoms with van der Waals surface area (Å²) in [6.07, 6.45) is 4.23. The minimum absolute atomic E-state index is 0.140. The van der Waals surface area contributed by atoms with Gasteiger partial charge >= 0.3 is 0 Å². The molecule has 6 heteroatoms. The first-order valence-corrected chi connectivity index (χ1v) is 8.24. The maximum atomic E-state index is 12.2. The van der Waals surface area contributed by atoms with Crippen LogP contribution in [0.15, 0.2) is 10.6 Å². The highest BCUT2D eigenvalue weighted by Crippen LogP contribution is 2.23. The summed E-state index contributed by atoms with van der Waals surface area (Å²) in [5, 5.41) is 10.6. The van der Waals surface area contributed by atoms with Crippen molar-refractivity contribution in [2.45, 2.75) is 63.6 Å². The maximum Gasteiger partial charge on any atom is 0.273 e. The Morgan fingerprint density at radius 2 is 1.95 bits per heavy atom. The van der Waals surface area contributed by atoms with Gasteiger partial charge in [0.05, 0.1) is 0 Å². The Kier molecular flexibility index (Phi) is 4.78. The molecule has 1 amide bonds. The molecule has 2 atom stereocenters. The normalized spacial score (nSPS) is 26.0. The van der Waals surface area contributed by atoms with Crippen LogP contribution in [-0.4, -0.2) is 42.4 Å². The van der Waals surface area contributed by atoms with E-state index in [0.29, 0.717) is 17.8 Å². The van der Waals surface area contributed by atoms with Gasteiger partial charge in [0, 0.05) is 43.3 Å². The fourth-order valence-corrected chi connectivity index (χ4v) is 2.95. The third-order valence-electron chi connectivity index (χ3n) is 4.59. The molecule has 22 heavy (non-hydrogen) atoms. The van der Waals surface area contributed by atoms with E-state index >= 15 is 0 Å². The highest BCUT2D eigenvalue weighted by molar-refractivity contribution is 5.92. The van der Waals surface area contributed by atoms with E-state index in [1.165, 1.54) is 0 Å². The average molecular weight is 307 g/mol. The molecule has 6 nitrogen and oxygen atoms in total. The Morgan fingerprint density at radius 1 is 1.23 bits per heavy atom. The molecule has 1 aliphatic heterocycles. The van der Waals surface area contributed by atoms with Crippen molar-refractivity contribution in [3.8, 4) is 0 Å². The zero-order valence-corrected chi connectivity index (χ0v) is 13.3. The number of aromatic nitrogens is 1. The molecule has 3 rings (SSSR count). The van der Waals surface area contributed by atoms with Crippen molar-refractivity contribution in [3.63, 3.8) is 0 Å². The topological polar surface area (TPSA) is 76.4 Å². The summed E-state index contributed by atoms with van der Waals surface area (Å²) in [7, 11) is 0. The molecule has 0 unspecified atom stereocenters. The number of carbonyl (C=O) groups is 1. The molecular weight excluding hydrogens is 282 g/mol. The SMILES string of the molecule is CC(C)c1cc(C(=O)N[C@@H]2CC[C@@H]2NC2CCOCC2)no1. The second-order valence-corrected chi connectivity index (χ2v) is 6.59. The van der Waals surface area contributed by atoms with Gasteiger partial charge in [0.2, 0.25) is 0 Å². The highest BCUT2D eigenvalue weighted by Gasteiger charge is 2.34. The van der Waals surface area contributed by atoms with Crippen molar-refractivity contribution in [3.05, 3.63) is 17.5 Å². The second-order valence-electron chi connectivity index (χ2n) is 6.59. The lowest BCUT2D eigenvalue weighted by Crippen LogP contribution is -2.59. The molecule has 2 aliphatic rings. The minimum atomic E-state index is -0.140. The minimum Gasteiger partial charge on any atom is -0.381 e. The van der Waals surface area contributed by atoms with E-state index in [1.807, 2.05) is 13.8 Å². The molecule has 1 saturated carbocycles. The van der Waals surface area contributed by atoms with Gasteiger partial charge in [-0.2, -0.15) is 0 Å². The van der Waals surface area contributed by atoms with Crippen molar-refractivity contribution in [2.24, 2.45) is 0 Å². The van der Waals surface area contributed by atoms with E-state index in [1.54, 1.807) is 6.07 Å². The van der Waals surface area contributed by atoms with Gasteiger partial charge in [0.1, 0.15) is 5.76 Å². The molecule has 122 valence electrons. The lowest BCUT2D eigenvalue weighted by molar-refractivity contribution is 0.0651. The average Bonchev–Trinajstić information content (AvgIpc) is 3.00. The first-order valence-electron chi connectivity index (χ1n) is 8.24. The molecule has 1 saturated heterocycles. The second kappa shape index (κ2) is 6.79. The lowest BCUT2D eigenvalue weighted by atomic mass is 9.85. The molecule has 1 aromatic rings. The summed E-state index contributed by atoms with van der Waals surface area (Å²) in [5.74, 6) is 0.843. The third-order valence-corrected chi connectivity index (χ3v) is 4.59. The van der Waals surface area contributed by atoms with Crippen LogP contribution in [-0.2, 0) is 4.74 Å². The van der Waals surface area contributed by atoms with Gasteiger partial charge in [-0.3, -0.25) is 4.79 Å². The largest absolute Gasteiger partial charge is 0.381 e. The Bertz CT molecular complexity index is 508. The Morgan fingerprint density at radius 3 is 2.55 bits per heavy atom. The maximum absolute atomic E-state index is 12.2. The number of rotatable bonds is 5. The summed E-state index contributed by atoms with van der Waals surface area (Å²) in [5.41, 5.74) is 0.375. The van der Waals surface area contributed by atoms with Crippen LogP contribution in [0.1, 0.15) is 61.7 Å². The molecule has 2 fully saturated rings. The van der Waals surface area contributed by atoms with Crippen molar-refractivity contribution < 1.29 is 14.1 Å². The number of carbonyl (C=O) groups excluding carboxylic acids is 1. The van der Waals surface area contributed by atoms with E-state index in [0.717, 1.165) is 44.7 Å². The summed E-state index contributed by atoms with van der Waals surface area (Å²) in [6, 6.07) is 2.80. The van der Waals surface area contributed by atoms with Gasteiger partial charge in [-0.05, 0) is 25.7 Å². The van der Waals surface area contributed by atoms with E-state index in [4.69, 9.17) is 9.26 Å². The first-order chi connectivity index (χ1) is 10.6. The van der Waals surface area contributed by atoms with Crippen LogP contribution in [0.5, 0.6) is 0 Å².